The van der Waals surface area contributed by atoms with Crippen molar-refractivity contribution in [1.82, 2.24) is 20.5 Å². The highest BCUT2D eigenvalue weighted by Gasteiger charge is 2.00. The molecule has 1 aromatic heterocycles. The SMILES string of the molecule is CCNC(=NCCCCCCCN(C)C)NCCc1csc(C)n1. The van der Waals surface area contributed by atoms with Crippen molar-refractivity contribution in [1.29, 1.82) is 0 Å². The van der Waals surface area contributed by atoms with Gasteiger partial charge >= 0.3 is 0 Å². The van der Waals surface area contributed by atoms with Crippen molar-refractivity contribution in [2.45, 2.75) is 52.4 Å². The minimum Gasteiger partial charge on any atom is -0.357 e. The van der Waals surface area contributed by atoms with Crippen molar-refractivity contribution in [3.8, 4) is 0 Å². The second kappa shape index (κ2) is 13.2. The number of aromatic nitrogens is 1. The largest absolute Gasteiger partial charge is 0.357 e. The maximum absolute atomic E-state index is 4.66. The number of aryl methyl sites for hydroxylation is 1. The topological polar surface area (TPSA) is 52.6 Å². The minimum atomic E-state index is 0.875. The Morgan fingerprint density at radius 2 is 1.92 bits per heavy atom. The lowest BCUT2D eigenvalue weighted by Gasteiger charge is -2.11. The molecule has 0 fully saturated rings. The van der Waals surface area contributed by atoms with Gasteiger partial charge in [-0.1, -0.05) is 19.3 Å². The summed E-state index contributed by atoms with van der Waals surface area (Å²) in [5.74, 6) is 0.928. The summed E-state index contributed by atoms with van der Waals surface area (Å²) >= 11 is 1.71. The van der Waals surface area contributed by atoms with E-state index in [0.717, 1.165) is 37.0 Å². The molecule has 0 spiro atoms. The zero-order valence-corrected chi connectivity index (χ0v) is 16.7. The van der Waals surface area contributed by atoms with Crippen molar-refractivity contribution in [2.24, 2.45) is 4.99 Å². The fourth-order valence-electron chi connectivity index (χ4n) is 2.43. The number of aliphatic imine (C=N–C) groups is 1. The zero-order chi connectivity index (χ0) is 17.6. The van der Waals surface area contributed by atoms with Crippen LogP contribution in [0.5, 0.6) is 0 Å². The fourth-order valence-corrected chi connectivity index (χ4v) is 3.08. The first-order valence-electron chi connectivity index (χ1n) is 9.19. The van der Waals surface area contributed by atoms with Crippen LogP contribution in [0.15, 0.2) is 10.4 Å². The third kappa shape index (κ3) is 10.6. The van der Waals surface area contributed by atoms with Gasteiger partial charge in [0.15, 0.2) is 5.96 Å². The van der Waals surface area contributed by atoms with E-state index in [0.29, 0.717) is 0 Å². The van der Waals surface area contributed by atoms with Crippen LogP contribution < -0.4 is 10.6 Å². The summed E-state index contributed by atoms with van der Waals surface area (Å²) in [7, 11) is 4.28. The van der Waals surface area contributed by atoms with Gasteiger partial charge in [0.25, 0.3) is 0 Å². The first-order chi connectivity index (χ1) is 11.6. The molecule has 2 N–H and O–H groups in total. The fraction of sp³-hybridized carbons (Fsp3) is 0.778. The van der Waals surface area contributed by atoms with E-state index in [4.69, 9.17) is 0 Å². The molecular weight excluding hydrogens is 318 g/mol. The van der Waals surface area contributed by atoms with E-state index >= 15 is 0 Å². The van der Waals surface area contributed by atoms with Gasteiger partial charge in [0.1, 0.15) is 0 Å². The van der Waals surface area contributed by atoms with Crippen molar-refractivity contribution in [2.75, 3.05) is 40.3 Å². The summed E-state index contributed by atoms with van der Waals surface area (Å²) in [5, 5.41) is 9.99. The molecular formula is C18H35N5S. The first kappa shape index (κ1) is 20.9. The van der Waals surface area contributed by atoms with Gasteiger partial charge in [-0.05, 0) is 47.3 Å². The summed E-state index contributed by atoms with van der Waals surface area (Å²) < 4.78 is 0. The molecule has 0 aliphatic rings. The lowest BCUT2D eigenvalue weighted by Crippen LogP contribution is -2.38. The van der Waals surface area contributed by atoms with Crippen LogP contribution in [0, 0.1) is 6.92 Å². The normalized spacial score (nSPS) is 12.0. The average Bonchev–Trinajstić information content (AvgIpc) is 2.95. The highest BCUT2D eigenvalue weighted by atomic mass is 32.1. The number of hydrogen-bond acceptors (Lipinski definition) is 4. The summed E-state index contributed by atoms with van der Waals surface area (Å²) in [5.41, 5.74) is 1.17. The highest BCUT2D eigenvalue weighted by molar-refractivity contribution is 7.09. The Bertz CT molecular complexity index is 456. The van der Waals surface area contributed by atoms with Crippen molar-refractivity contribution < 1.29 is 0 Å². The van der Waals surface area contributed by atoms with Gasteiger partial charge < -0.3 is 15.5 Å². The summed E-state index contributed by atoms with van der Waals surface area (Å²) in [6.45, 7) is 8.02. The lowest BCUT2D eigenvalue weighted by molar-refractivity contribution is 0.390. The Morgan fingerprint density at radius 1 is 1.17 bits per heavy atom. The van der Waals surface area contributed by atoms with E-state index in [-0.39, 0.29) is 0 Å². The molecule has 0 aromatic carbocycles. The predicted molar refractivity (Wildman–Crippen MR) is 106 cm³/mol. The van der Waals surface area contributed by atoms with Gasteiger partial charge in [-0.25, -0.2) is 4.98 Å². The van der Waals surface area contributed by atoms with Crippen LogP contribution >= 0.6 is 11.3 Å². The Kier molecular flexibility index (Phi) is 11.5. The van der Waals surface area contributed by atoms with Crippen LogP contribution in [0.2, 0.25) is 0 Å². The van der Waals surface area contributed by atoms with Gasteiger partial charge in [-0.15, -0.1) is 11.3 Å². The van der Waals surface area contributed by atoms with E-state index in [1.54, 1.807) is 11.3 Å². The van der Waals surface area contributed by atoms with Crippen molar-refractivity contribution in [3.63, 3.8) is 0 Å². The smallest absolute Gasteiger partial charge is 0.191 e. The summed E-state index contributed by atoms with van der Waals surface area (Å²) in [4.78, 5) is 11.4. The van der Waals surface area contributed by atoms with Gasteiger partial charge in [-0.2, -0.15) is 0 Å². The molecule has 1 aromatic rings. The molecule has 0 saturated heterocycles. The Morgan fingerprint density at radius 3 is 2.58 bits per heavy atom. The molecule has 6 heteroatoms. The van der Waals surface area contributed by atoms with E-state index < -0.39 is 0 Å². The van der Waals surface area contributed by atoms with E-state index in [2.05, 4.69) is 51.9 Å². The van der Waals surface area contributed by atoms with Gasteiger partial charge in [0.05, 0.1) is 10.7 Å². The molecule has 24 heavy (non-hydrogen) atoms. The van der Waals surface area contributed by atoms with Crippen LogP contribution in [-0.4, -0.2) is 56.1 Å². The number of rotatable bonds is 12. The van der Waals surface area contributed by atoms with E-state index in [9.17, 15) is 0 Å². The number of nitrogens with zero attached hydrogens (tertiary/aromatic N) is 3. The van der Waals surface area contributed by atoms with Crippen molar-refractivity contribution in [3.05, 3.63) is 16.1 Å². The van der Waals surface area contributed by atoms with Crippen LogP contribution in [0.1, 0.15) is 49.7 Å². The maximum atomic E-state index is 4.66. The lowest BCUT2D eigenvalue weighted by atomic mass is 10.1. The number of nitrogens with one attached hydrogen (secondary N) is 2. The molecule has 0 radical (unpaired) electrons. The molecule has 0 bridgehead atoms. The number of hydrogen-bond donors (Lipinski definition) is 2. The number of guanidine groups is 1. The van der Waals surface area contributed by atoms with Gasteiger partial charge in [0, 0.05) is 31.4 Å². The molecule has 1 heterocycles. The molecule has 0 aliphatic heterocycles. The molecule has 0 atom stereocenters. The maximum Gasteiger partial charge on any atom is 0.191 e. The number of unbranched alkanes of at least 4 members (excludes halogenated alkanes) is 4. The third-order valence-electron chi connectivity index (χ3n) is 3.72. The molecule has 5 nitrogen and oxygen atoms in total. The monoisotopic (exact) mass is 353 g/mol. The second-order valence-electron chi connectivity index (χ2n) is 6.37. The average molecular weight is 354 g/mol. The molecule has 0 unspecified atom stereocenters. The Hall–Kier alpha value is -1.14. The Labute approximate surface area is 152 Å². The predicted octanol–water partition coefficient (Wildman–Crippen LogP) is 3.06. The quantitative estimate of drug-likeness (QED) is 0.344. The molecule has 0 saturated carbocycles. The summed E-state index contributed by atoms with van der Waals surface area (Å²) in [6, 6.07) is 0. The zero-order valence-electron chi connectivity index (χ0n) is 15.9. The second-order valence-corrected chi connectivity index (χ2v) is 7.43. The minimum absolute atomic E-state index is 0.875. The van der Waals surface area contributed by atoms with Crippen LogP contribution in [-0.2, 0) is 6.42 Å². The molecule has 1 rings (SSSR count). The van der Waals surface area contributed by atoms with Gasteiger partial charge in [0.2, 0.25) is 0 Å². The third-order valence-corrected chi connectivity index (χ3v) is 4.54. The van der Waals surface area contributed by atoms with Crippen LogP contribution in [0.4, 0.5) is 0 Å². The molecule has 138 valence electrons. The first-order valence-corrected chi connectivity index (χ1v) is 10.1. The molecule has 0 aliphatic carbocycles. The number of thiazole rings is 1. The molecule has 0 amide bonds. The summed E-state index contributed by atoms with van der Waals surface area (Å²) in [6.07, 6.45) is 7.33. The standard InChI is InChI=1S/C18H35N5S/c1-5-19-18(21-13-11-17-15-24-16(2)22-17)20-12-9-7-6-8-10-14-23(3)4/h15H,5-14H2,1-4H3,(H2,19,20,21). The van der Waals surface area contributed by atoms with Crippen molar-refractivity contribution >= 4 is 17.3 Å². The highest BCUT2D eigenvalue weighted by Crippen LogP contribution is 2.07. The van der Waals surface area contributed by atoms with Crippen LogP contribution in [0.3, 0.4) is 0 Å². The van der Waals surface area contributed by atoms with Crippen LogP contribution in [0.25, 0.3) is 0 Å². The van der Waals surface area contributed by atoms with Gasteiger partial charge in [-0.3, -0.25) is 4.99 Å². The Balaban J connectivity index is 2.13. The van der Waals surface area contributed by atoms with E-state index in [1.807, 2.05) is 6.92 Å². The van der Waals surface area contributed by atoms with E-state index in [1.165, 1.54) is 44.3 Å².